The van der Waals surface area contributed by atoms with Crippen LogP contribution in [0.2, 0.25) is 0 Å². The molecule has 190 valence electrons. The van der Waals surface area contributed by atoms with Crippen LogP contribution >= 0.6 is 0 Å². The van der Waals surface area contributed by atoms with Gasteiger partial charge in [-0.1, -0.05) is 12.1 Å². The van der Waals surface area contributed by atoms with Gasteiger partial charge in [0.1, 0.15) is 11.5 Å². The number of carbonyl (C=O) groups excluding carboxylic acids is 1. The quantitative estimate of drug-likeness (QED) is 0.428. The SMILES string of the molecule is CNc1ccc(-c2ccnc3c2cc(CN2CC=C(c4ccc(C(=O)N(C)C)cc4C)CC2)n3C)nn1. The van der Waals surface area contributed by atoms with Crippen LogP contribution in [-0.2, 0) is 13.6 Å². The highest BCUT2D eigenvalue weighted by Crippen LogP contribution is 2.30. The van der Waals surface area contributed by atoms with Crippen LogP contribution in [0.25, 0.3) is 27.9 Å². The highest BCUT2D eigenvalue weighted by Gasteiger charge is 2.19. The van der Waals surface area contributed by atoms with E-state index >= 15 is 0 Å². The lowest BCUT2D eigenvalue weighted by Gasteiger charge is -2.27. The van der Waals surface area contributed by atoms with E-state index in [1.54, 1.807) is 19.0 Å². The number of pyridine rings is 1. The van der Waals surface area contributed by atoms with Gasteiger partial charge < -0.3 is 14.8 Å². The Bertz CT molecular complexity index is 1480. The van der Waals surface area contributed by atoms with Crippen molar-refractivity contribution in [1.29, 1.82) is 0 Å². The zero-order chi connectivity index (χ0) is 26.1. The fourth-order valence-corrected chi connectivity index (χ4v) is 5.00. The Hall–Kier alpha value is -4.04. The Kier molecular flexibility index (Phi) is 6.76. The second kappa shape index (κ2) is 10.1. The maximum absolute atomic E-state index is 12.3. The maximum Gasteiger partial charge on any atom is 0.253 e. The number of hydrogen-bond donors (Lipinski definition) is 1. The van der Waals surface area contributed by atoms with Gasteiger partial charge in [-0.3, -0.25) is 9.69 Å². The third-order valence-electron chi connectivity index (χ3n) is 7.13. The van der Waals surface area contributed by atoms with E-state index < -0.39 is 0 Å². The van der Waals surface area contributed by atoms with Crippen molar-refractivity contribution in [1.82, 2.24) is 29.5 Å². The monoisotopic (exact) mass is 495 g/mol. The lowest BCUT2D eigenvalue weighted by atomic mass is 9.94. The largest absolute Gasteiger partial charge is 0.372 e. The Morgan fingerprint density at radius 1 is 1.08 bits per heavy atom. The molecule has 37 heavy (non-hydrogen) atoms. The standard InChI is InChI=1S/C29H33N7O/c1-19-16-21(29(37)34(3)4)6-7-23(19)20-11-14-36(15-12-20)18-22-17-25-24(10-13-31-28(25)35(22)5)26-8-9-27(30-2)33-32-26/h6-11,13,16-17H,12,14-15,18H2,1-5H3,(H,30,33). The molecule has 0 aliphatic carbocycles. The first-order valence-electron chi connectivity index (χ1n) is 12.5. The highest BCUT2D eigenvalue weighted by atomic mass is 16.2. The number of fused-ring (bicyclic) bond motifs is 1. The number of carbonyl (C=O) groups is 1. The number of rotatable bonds is 6. The van der Waals surface area contributed by atoms with Crippen molar-refractivity contribution in [3.05, 3.63) is 77.1 Å². The van der Waals surface area contributed by atoms with Gasteiger partial charge in [-0.2, -0.15) is 0 Å². The number of hydrogen-bond acceptors (Lipinski definition) is 6. The molecule has 8 heteroatoms. The minimum Gasteiger partial charge on any atom is -0.372 e. The summed E-state index contributed by atoms with van der Waals surface area (Å²) in [6.45, 7) is 4.79. The predicted molar refractivity (Wildman–Crippen MR) is 148 cm³/mol. The van der Waals surface area contributed by atoms with Crippen LogP contribution in [0.4, 0.5) is 5.82 Å². The van der Waals surface area contributed by atoms with Gasteiger partial charge in [0.25, 0.3) is 5.91 Å². The van der Waals surface area contributed by atoms with E-state index in [2.05, 4.69) is 62.1 Å². The first-order chi connectivity index (χ1) is 17.9. The number of benzene rings is 1. The molecule has 1 amide bonds. The Balaban J connectivity index is 1.34. The average Bonchev–Trinajstić information content (AvgIpc) is 3.23. The van der Waals surface area contributed by atoms with Crippen molar-refractivity contribution in [3.63, 3.8) is 0 Å². The van der Waals surface area contributed by atoms with Gasteiger partial charge in [-0.15, -0.1) is 10.2 Å². The zero-order valence-electron chi connectivity index (χ0n) is 22.1. The molecule has 1 aromatic carbocycles. The molecule has 3 aromatic heterocycles. The molecular weight excluding hydrogens is 462 g/mol. The molecule has 0 fully saturated rings. The molecule has 0 atom stereocenters. The fourth-order valence-electron chi connectivity index (χ4n) is 5.00. The van der Waals surface area contributed by atoms with Crippen LogP contribution < -0.4 is 5.32 Å². The number of aromatic nitrogens is 4. The Morgan fingerprint density at radius 2 is 1.92 bits per heavy atom. The first-order valence-corrected chi connectivity index (χ1v) is 12.5. The molecule has 1 aliphatic heterocycles. The van der Waals surface area contributed by atoms with Gasteiger partial charge in [0.2, 0.25) is 0 Å². The molecule has 0 radical (unpaired) electrons. The summed E-state index contributed by atoms with van der Waals surface area (Å²) in [7, 11) is 7.48. The van der Waals surface area contributed by atoms with Crippen molar-refractivity contribution >= 4 is 28.3 Å². The number of anilines is 1. The lowest BCUT2D eigenvalue weighted by molar-refractivity contribution is 0.0827. The van der Waals surface area contributed by atoms with Crippen LogP contribution in [0.1, 0.15) is 33.6 Å². The van der Waals surface area contributed by atoms with Crippen LogP contribution in [0.15, 0.2) is 54.7 Å². The third kappa shape index (κ3) is 4.84. The van der Waals surface area contributed by atoms with Crippen molar-refractivity contribution in [2.45, 2.75) is 19.9 Å². The van der Waals surface area contributed by atoms with Crippen molar-refractivity contribution < 1.29 is 4.79 Å². The normalized spacial score (nSPS) is 14.0. The van der Waals surface area contributed by atoms with Gasteiger partial charge >= 0.3 is 0 Å². The second-order valence-electron chi connectivity index (χ2n) is 9.79. The molecule has 8 nitrogen and oxygen atoms in total. The molecule has 0 unspecified atom stereocenters. The van der Waals surface area contributed by atoms with E-state index in [0.717, 1.165) is 65.3 Å². The molecule has 0 saturated carbocycles. The second-order valence-corrected chi connectivity index (χ2v) is 9.79. The minimum absolute atomic E-state index is 0.0353. The van der Waals surface area contributed by atoms with E-state index in [4.69, 9.17) is 0 Å². The van der Waals surface area contributed by atoms with Crippen LogP contribution in [-0.4, -0.2) is 69.7 Å². The van der Waals surface area contributed by atoms with Crippen LogP contribution in [0.5, 0.6) is 0 Å². The Morgan fingerprint density at radius 3 is 2.57 bits per heavy atom. The molecule has 4 heterocycles. The summed E-state index contributed by atoms with van der Waals surface area (Å²) < 4.78 is 2.18. The van der Waals surface area contributed by atoms with E-state index in [0.29, 0.717) is 0 Å². The average molecular weight is 496 g/mol. The van der Waals surface area contributed by atoms with E-state index in [1.807, 2.05) is 43.6 Å². The molecule has 0 bridgehead atoms. The third-order valence-corrected chi connectivity index (χ3v) is 7.13. The van der Waals surface area contributed by atoms with Gasteiger partial charge in [-0.25, -0.2) is 4.98 Å². The number of amides is 1. The summed E-state index contributed by atoms with van der Waals surface area (Å²) in [4.78, 5) is 21.0. The molecule has 0 saturated heterocycles. The number of nitrogens with zero attached hydrogens (tertiary/aromatic N) is 6. The predicted octanol–water partition coefficient (Wildman–Crippen LogP) is 4.37. The van der Waals surface area contributed by atoms with Crippen LogP contribution in [0, 0.1) is 6.92 Å². The summed E-state index contributed by atoms with van der Waals surface area (Å²) >= 11 is 0. The van der Waals surface area contributed by atoms with Crippen molar-refractivity contribution in [2.24, 2.45) is 7.05 Å². The lowest BCUT2D eigenvalue weighted by Crippen LogP contribution is -2.29. The van der Waals surface area contributed by atoms with E-state index in [-0.39, 0.29) is 5.91 Å². The summed E-state index contributed by atoms with van der Waals surface area (Å²) in [5.74, 6) is 0.779. The van der Waals surface area contributed by atoms with Crippen molar-refractivity contribution in [2.75, 3.05) is 39.5 Å². The Labute approximate surface area is 217 Å². The summed E-state index contributed by atoms with van der Waals surface area (Å²) in [5.41, 5.74) is 8.50. The number of nitrogens with one attached hydrogen (secondary N) is 1. The summed E-state index contributed by atoms with van der Waals surface area (Å²) in [6, 6.07) is 14.2. The smallest absolute Gasteiger partial charge is 0.253 e. The zero-order valence-corrected chi connectivity index (χ0v) is 22.1. The van der Waals surface area contributed by atoms with Gasteiger partial charge in [0.05, 0.1) is 5.69 Å². The molecule has 4 aromatic rings. The topological polar surface area (TPSA) is 79.2 Å². The molecule has 1 aliphatic rings. The molecular formula is C29H33N7O. The van der Waals surface area contributed by atoms with E-state index in [1.165, 1.54) is 16.8 Å². The number of aryl methyl sites for hydroxylation is 2. The van der Waals surface area contributed by atoms with Crippen LogP contribution in [0.3, 0.4) is 0 Å². The van der Waals surface area contributed by atoms with Gasteiger partial charge in [0, 0.05) is 76.2 Å². The molecule has 0 spiro atoms. The van der Waals surface area contributed by atoms with Gasteiger partial charge in [-0.05, 0) is 66.4 Å². The highest BCUT2D eigenvalue weighted by molar-refractivity contribution is 5.95. The first kappa shape index (κ1) is 24.6. The van der Waals surface area contributed by atoms with E-state index in [9.17, 15) is 4.79 Å². The van der Waals surface area contributed by atoms with Gasteiger partial charge in [0.15, 0.2) is 0 Å². The summed E-state index contributed by atoms with van der Waals surface area (Å²) in [5, 5.41) is 12.7. The fraction of sp³-hybridized carbons (Fsp3) is 0.310. The minimum atomic E-state index is 0.0353. The molecule has 5 rings (SSSR count). The maximum atomic E-state index is 12.3. The molecule has 1 N–H and O–H groups in total. The summed E-state index contributed by atoms with van der Waals surface area (Å²) in [6.07, 6.45) is 5.14. The van der Waals surface area contributed by atoms with Crippen molar-refractivity contribution in [3.8, 4) is 11.3 Å².